The van der Waals surface area contributed by atoms with E-state index in [0.717, 1.165) is 5.56 Å². The fourth-order valence-corrected chi connectivity index (χ4v) is 3.06. The van der Waals surface area contributed by atoms with Crippen molar-refractivity contribution in [2.75, 3.05) is 16.8 Å². The number of hydrogen-bond acceptors (Lipinski definition) is 3. The van der Waals surface area contributed by atoms with Crippen LogP contribution in [0.2, 0.25) is 0 Å². The number of carbonyl (C=O) groups is 2. The number of rotatable bonds is 4. The van der Waals surface area contributed by atoms with Crippen molar-refractivity contribution in [2.45, 2.75) is 6.54 Å². The van der Waals surface area contributed by atoms with E-state index in [1.54, 1.807) is 29.2 Å². The summed E-state index contributed by atoms with van der Waals surface area (Å²) in [6, 6.07) is 20.4. The van der Waals surface area contributed by atoms with E-state index in [1.807, 2.05) is 30.3 Å². The monoisotopic (exact) mass is 376 g/mol. The van der Waals surface area contributed by atoms with Crippen molar-refractivity contribution >= 4 is 23.2 Å². The molecule has 1 N–H and O–H groups in total. The van der Waals surface area contributed by atoms with Gasteiger partial charge in [0.15, 0.2) is 6.61 Å². The van der Waals surface area contributed by atoms with Crippen LogP contribution in [0, 0.1) is 5.82 Å². The van der Waals surface area contributed by atoms with Crippen LogP contribution in [0.4, 0.5) is 15.8 Å². The van der Waals surface area contributed by atoms with Gasteiger partial charge in [0, 0.05) is 5.69 Å². The second-order valence-electron chi connectivity index (χ2n) is 6.37. The molecule has 1 aliphatic rings. The minimum absolute atomic E-state index is 0.0409. The maximum absolute atomic E-state index is 13.8. The van der Waals surface area contributed by atoms with Crippen molar-refractivity contribution in [1.29, 1.82) is 0 Å². The molecule has 3 aromatic carbocycles. The van der Waals surface area contributed by atoms with Gasteiger partial charge in [0.1, 0.15) is 11.6 Å². The molecule has 1 heterocycles. The molecular weight excluding hydrogens is 359 g/mol. The van der Waals surface area contributed by atoms with Crippen LogP contribution in [0.5, 0.6) is 5.75 Å². The fourth-order valence-electron chi connectivity index (χ4n) is 3.06. The highest BCUT2D eigenvalue weighted by Crippen LogP contribution is 2.35. The molecule has 0 spiro atoms. The summed E-state index contributed by atoms with van der Waals surface area (Å²) in [6.45, 7) is 0.349. The zero-order valence-electron chi connectivity index (χ0n) is 14.9. The summed E-state index contributed by atoms with van der Waals surface area (Å²) in [6.07, 6.45) is 0. The number of ether oxygens (including phenoxy) is 1. The van der Waals surface area contributed by atoms with E-state index in [0.29, 0.717) is 23.7 Å². The molecule has 0 saturated carbocycles. The highest BCUT2D eigenvalue weighted by molar-refractivity contribution is 6.05. The van der Waals surface area contributed by atoms with Crippen LogP contribution in [-0.4, -0.2) is 18.4 Å². The molecule has 4 rings (SSSR count). The number of nitrogens with zero attached hydrogens (tertiary/aromatic N) is 1. The predicted molar refractivity (Wildman–Crippen MR) is 104 cm³/mol. The number of benzene rings is 3. The topological polar surface area (TPSA) is 58.6 Å². The Bertz CT molecular complexity index is 1040. The van der Waals surface area contributed by atoms with E-state index in [2.05, 4.69) is 5.32 Å². The molecule has 0 unspecified atom stereocenters. The summed E-state index contributed by atoms with van der Waals surface area (Å²) in [7, 11) is 0. The maximum Gasteiger partial charge on any atom is 0.265 e. The zero-order chi connectivity index (χ0) is 19.5. The van der Waals surface area contributed by atoms with E-state index in [-0.39, 0.29) is 18.1 Å². The number of anilines is 2. The Morgan fingerprint density at radius 2 is 1.79 bits per heavy atom. The normalized spacial score (nSPS) is 12.9. The molecule has 0 saturated heterocycles. The molecule has 2 amide bonds. The van der Waals surface area contributed by atoms with Gasteiger partial charge in [0.25, 0.3) is 11.8 Å². The first-order valence-electron chi connectivity index (χ1n) is 8.79. The second kappa shape index (κ2) is 7.52. The number of nitrogens with one attached hydrogen (secondary N) is 1. The lowest BCUT2D eigenvalue weighted by Crippen LogP contribution is -2.38. The van der Waals surface area contributed by atoms with E-state index in [9.17, 15) is 14.0 Å². The molecule has 6 heteroatoms. The van der Waals surface area contributed by atoms with E-state index in [4.69, 9.17) is 4.74 Å². The summed E-state index contributed by atoms with van der Waals surface area (Å²) in [5, 5.41) is 2.68. The van der Waals surface area contributed by atoms with Crippen LogP contribution in [0.3, 0.4) is 0 Å². The van der Waals surface area contributed by atoms with Gasteiger partial charge in [-0.25, -0.2) is 4.39 Å². The van der Waals surface area contributed by atoms with Gasteiger partial charge in [-0.3, -0.25) is 9.59 Å². The highest BCUT2D eigenvalue weighted by Gasteiger charge is 2.26. The van der Waals surface area contributed by atoms with Gasteiger partial charge < -0.3 is 15.0 Å². The lowest BCUT2D eigenvalue weighted by Gasteiger charge is -2.30. The minimum Gasteiger partial charge on any atom is -0.482 e. The molecule has 140 valence electrons. The molecule has 0 atom stereocenters. The first kappa shape index (κ1) is 17.7. The van der Waals surface area contributed by atoms with Crippen LogP contribution in [-0.2, 0) is 11.3 Å². The Balaban J connectivity index is 1.61. The Kier molecular flexibility index (Phi) is 4.76. The lowest BCUT2D eigenvalue weighted by molar-refractivity contribution is -0.121. The lowest BCUT2D eigenvalue weighted by atomic mass is 10.1. The smallest absolute Gasteiger partial charge is 0.265 e. The number of fused-ring (bicyclic) bond motifs is 1. The predicted octanol–water partition coefficient (Wildman–Crippen LogP) is 4.00. The van der Waals surface area contributed by atoms with Crippen molar-refractivity contribution in [2.24, 2.45) is 0 Å². The van der Waals surface area contributed by atoms with Crippen molar-refractivity contribution in [3.63, 3.8) is 0 Å². The van der Waals surface area contributed by atoms with E-state index < -0.39 is 11.7 Å². The minimum atomic E-state index is -0.595. The third-order valence-corrected chi connectivity index (χ3v) is 4.46. The Morgan fingerprint density at radius 1 is 1.04 bits per heavy atom. The van der Waals surface area contributed by atoms with Gasteiger partial charge in [-0.1, -0.05) is 42.5 Å². The summed E-state index contributed by atoms with van der Waals surface area (Å²) in [5.74, 6) is -0.772. The first-order chi connectivity index (χ1) is 13.6. The Labute approximate surface area is 161 Å². The van der Waals surface area contributed by atoms with Crippen LogP contribution in [0.1, 0.15) is 15.9 Å². The van der Waals surface area contributed by atoms with Crippen LogP contribution in [0.15, 0.2) is 72.8 Å². The number of hydrogen-bond donors (Lipinski definition) is 1. The molecule has 0 bridgehead atoms. The molecule has 3 aromatic rings. The van der Waals surface area contributed by atoms with Gasteiger partial charge in [0.05, 0.1) is 17.8 Å². The van der Waals surface area contributed by atoms with Crippen molar-refractivity contribution in [3.8, 4) is 5.75 Å². The summed E-state index contributed by atoms with van der Waals surface area (Å²) < 4.78 is 19.3. The summed E-state index contributed by atoms with van der Waals surface area (Å²) in [4.78, 5) is 26.4. The zero-order valence-corrected chi connectivity index (χ0v) is 14.9. The van der Waals surface area contributed by atoms with Crippen LogP contribution in [0.25, 0.3) is 0 Å². The van der Waals surface area contributed by atoms with Crippen molar-refractivity contribution in [3.05, 3.63) is 89.7 Å². The van der Waals surface area contributed by atoms with Gasteiger partial charge >= 0.3 is 0 Å². The summed E-state index contributed by atoms with van der Waals surface area (Å²) >= 11 is 0. The van der Waals surface area contributed by atoms with Crippen LogP contribution >= 0.6 is 0 Å². The van der Waals surface area contributed by atoms with Crippen LogP contribution < -0.4 is 15.0 Å². The quantitative estimate of drug-likeness (QED) is 0.749. The van der Waals surface area contributed by atoms with Crippen molar-refractivity contribution < 1.29 is 18.7 Å². The number of amides is 2. The Morgan fingerprint density at radius 3 is 2.57 bits per heavy atom. The molecule has 0 radical (unpaired) electrons. The molecular formula is C22H17FN2O3. The van der Waals surface area contributed by atoms with E-state index in [1.165, 1.54) is 18.2 Å². The average Bonchev–Trinajstić information content (AvgIpc) is 2.71. The fraction of sp³-hybridized carbons (Fsp3) is 0.0909. The molecule has 28 heavy (non-hydrogen) atoms. The maximum atomic E-state index is 13.8. The van der Waals surface area contributed by atoms with Gasteiger partial charge in [0.2, 0.25) is 0 Å². The van der Waals surface area contributed by atoms with Gasteiger partial charge in [-0.05, 0) is 35.9 Å². The van der Waals surface area contributed by atoms with E-state index >= 15 is 0 Å². The van der Waals surface area contributed by atoms with Gasteiger partial charge in [-0.2, -0.15) is 0 Å². The third kappa shape index (κ3) is 3.57. The molecule has 0 aliphatic carbocycles. The molecule has 0 fully saturated rings. The standard InChI is InChI=1S/C22H17FN2O3/c23-18-9-5-4-8-17(18)22(27)24-16-10-11-20-19(12-16)25(21(26)14-28-20)13-15-6-2-1-3-7-15/h1-12H,13-14H2,(H,24,27). The molecule has 1 aliphatic heterocycles. The van der Waals surface area contributed by atoms with Gasteiger partial charge in [-0.15, -0.1) is 0 Å². The van der Waals surface area contributed by atoms with Crippen molar-refractivity contribution in [1.82, 2.24) is 0 Å². The third-order valence-electron chi connectivity index (χ3n) is 4.46. The average molecular weight is 376 g/mol. The number of carbonyl (C=O) groups excluding carboxylic acids is 2. The molecule has 0 aromatic heterocycles. The number of halogens is 1. The SMILES string of the molecule is O=C(Nc1ccc2c(c1)N(Cc1ccccc1)C(=O)CO2)c1ccccc1F. The largest absolute Gasteiger partial charge is 0.482 e. The summed E-state index contributed by atoms with van der Waals surface area (Å²) in [5.41, 5.74) is 1.94. The second-order valence-corrected chi connectivity index (χ2v) is 6.37. The first-order valence-corrected chi connectivity index (χ1v) is 8.79. The highest BCUT2D eigenvalue weighted by atomic mass is 19.1. The Hall–Kier alpha value is -3.67. The molecule has 5 nitrogen and oxygen atoms in total.